The summed E-state index contributed by atoms with van der Waals surface area (Å²) in [5, 5.41) is 0. The molecule has 0 radical (unpaired) electrons. The molecule has 6 heteroatoms. The molecule has 1 heterocycles. The SMILES string of the molecule is CCCCC(C)NS(=O)(=O)c1cc(CN)oc1C. The number of furan rings is 1. The second kappa shape index (κ2) is 6.36. The highest BCUT2D eigenvalue weighted by atomic mass is 32.2. The van der Waals surface area contributed by atoms with Gasteiger partial charge in [0, 0.05) is 12.1 Å². The van der Waals surface area contributed by atoms with Crippen LogP contribution in [-0.2, 0) is 16.6 Å². The molecular weight excluding hydrogens is 252 g/mol. The van der Waals surface area contributed by atoms with Gasteiger partial charge >= 0.3 is 0 Å². The molecule has 0 aromatic carbocycles. The van der Waals surface area contributed by atoms with Crippen LogP contribution < -0.4 is 10.5 Å². The van der Waals surface area contributed by atoms with E-state index < -0.39 is 10.0 Å². The summed E-state index contributed by atoms with van der Waals surface area (Å²) in [6, 6.07) is 1.41. The minimum atomic E-state index is -3.51. The summed E-state index contributed by atoms with van der Waals surface area (Å²) < 4.78 is 32.2. The molecule has 0 aliphatic rings. The molecule has 0 fully saturated rings. The Kier molecular flexibility index (Phi) is 5.37. The lowest BCUT2D eigenvalue weighted by Gasteiger charge is -2.13. The average molecular weight is 274 g/mol. The molecule has 0 saturated carbocycles. The summed E-state index contributed by atoms with van der Waals surface area (Å²) in [7, 11) is -3.51. The van der Waals surface area contributed by atoms with Crippen LogP contribution in [0.3, 0.4) is 0 Å². The van der Waals surface area contributed by atoms with Crippen molar-refractivity contribution in [3.05, 3.63) is 17.6 Å². The summed E-state index contributed by atoms with van der Waals surface area (Å²) >= 11 is 0. The zero-order chi connectivity index (χ0) is 13.8. The molecule has 1 atom stereocenters. The summed E-state index contributed by atoms with van der Waals surface area (Å²) in [6.45, 7) is 5.77. The van der Waals surface area contributed by atoms with E-state index in [4.69, 9.17) is 10.2 Å². The zero-order valence-electron chi connectivity index (χ0n) is 11.2. The number of sulfonamides is 1. The third kappa shape index (κ3) is 3.83. The molecule has 0 amide bonds. The zero-order valence-corrected chi connectivity index (χ0v) is 12.0. The molecule has 1 unspecified atom stereocenters. The third-order valence-corrected chi connectivity index (χ3v) is 4.46. The van der Waals surface area contributed by atoms with E-state index in [0.29, 0.717) is 11.5 Å². The van der Waals surface area contributed by atoms with Gasteiger partial charge in [-0.15, -0.1) is 0 Å². The van der Waals surface area contributed by atoms with Crippen molar-refractivity contribution in [2.45, 2.75) is 57.5 Å². The molecule has 1 aromatic rings. The molecule has 0 saturated heterocycles. The Morgan fingerprint density at radius 1 is 1.50 bits per heavy atom. The van der Waals surface area contributed by atoms with Crippen molar-refractivity contribution >= 4 is 10.0 Å². The van der Waals surface area contributed by atoms with Crippen LogP contribution >= 0.6 is 0 Å². The highest BCUT2D eigenvalue weighted by Gasteiger charge is 2.22. The van der Waals surface area contributed by atoms with Gasteiger partial charge in [-0.3, -0.25) is 0 Å². The van der Waals surface area contributed by atoms with Crippen molar-refractivity contribution in [2.75, 3.05) is 0 Å². The first-order valence-corrected chi connectivity index (χ1v) is 7.70. The Labute approximate surface area is 109 Å². The maximum absolute atomic E-state index is 12.1. The van der Waals surface area contributed by atoms with E-state index in [1.165, 1.54) is 6.07 Å². The first-order valence-electron chi connectivity index (χ1n) is 6.22. The van der Waals surface area contributed by atoms with Gasteiger partial charge in [0.15, 0.2) is 0 Å². The average Bonchev–Trinajstić information content (AvgIpc) is 2.68. The van der Waals surface area contributed by atoms with Crippen molar-refractivity contribution < 1.29 is 12.8 Å². The predicted octanol–water partition coefficient (Wildman–Crippen LogP) is 1.90. The van der Waals surface area contributed by atoms with E-state index in [1.54, 1.807) is 6.92 Å². The Balaban J connectivity index is 2.82. The highest BCUT2D eigenvalue weighted by molar-refractivity contribution is 7.89. The van der Waals surface area contributed by atoms with Crippen molar-refractivity contribution in [1.29, 1.82) is 0 Å². The molecule has 3 N–H and O–H groups in total. The van der Waals surface area contributed by atoms with Crippen LogP contribution in [0.2, 0.25) is 0 Å². The molecule has 1 aromatic heterocycles. The number of hydrogen-bond donors (Lipinski definition) is 2. The molecule has 5 nitrogen and oxygen atoms in total. The van der Waals surface area contributed by atoms with Crippen LogP contribution in [0.5, 0.6) is 0 Å². The number of nitrogens with one attached hydrogen (secondary N) is 1. The minimum absolute atomic E-state index is 0.0782. The van der Waals surface area contributed by atoms with E-state index in [1.807, 2.05) is 6.92 Å². The van der Waals surface area contributed by atoms with Gasteiger partial charge in [-0.2, -0.15) is 0 Å². The van der Waals surface area contributed by atoms with Crippen LogP contribution in [-0.4, -0.2) is 14.5 Å². The lowest BCUT2D eigenvalue weighted by Crippen LogP contribution is -2.32. The van der Waals surface area contributed by atoms with Crippen LogP contribution in [0.4, 0.5) is 0 Å². The first kappa shape index (κ1) is 15.2. The number of rotatable bonds is 7. The maximum atomic E-state index is 12.1. The standard InChI is InChI=1S/C12H22N2O3S/c1-4-5-6-9(2)14-18(15,16)12-7-11(8-13)17-10(12)3/h7,9,14H,4-6,8,13H2,1-3H3. The predicted molar refractivity (Wildman–Crippen MR) is 70.6 cm³/mol. The monoisotopic (exact) mass is 274 g/mol. The summed E-state index contributed by atoms with van der Waals surface area (Å²) in [6.07, 6.45) is 2.88. The second-order valence-electron chi connectivity index (χ2n) is 4.50. The fraction of sp³-hybridized carbons (Fsp3) is 0.667. The van der Waals surface area contributed by atoms with E-state index >= 15 is 0 Å². The van der Waals surface area contributed by atoms with Crippen molar-refractivity contribution in [2.24, 2.45) is 5.73 Å². The van der Waals surface area contributed by atoms with Gasteiger partial charge in [0.1, 0.15) is 16.4 Å². The summed E-state index contributed by atoms with van der Waals surface area (Å²) in [4.78, 5) is 0.186. The van der Waals surface area contributed by atoms with E-state index in [0.717, 1.165) is 19.3 Å². The van der Waals surface area contributed by atoms with E-state index in [2.05, 4.69) is 11.6 Å². The van der Waals surface area contributed by atoms with E-state index in [-0.39, 0.29) is 17.5 Å². The van der Waals surface area contributed by atoms with Crippen molar-refractivity contribution in [1.82, 2.24) is 4.72 Å². The molecule has 0 spiro atoms. The Bertz CT molecular complexity index is 480. The van der Waals surface area contributed by atoms with Crippen LogP contribution in [0.25, 0.3) is 0 Å². The molecule has 0 aliphatic heterocycles. The smallest absolute Gasteiger partial charge is 0.244 e. The van der Waals surface area contributed by atoms with Gasteiger partial charge in [-0.05, 0) is 20.3 Å². The maximum Gasteiger partial charge on any atom is 0.244 e. The molecule has 18 heavy (non-hydrogen) atoms. The first-order chi connectivity index (χ1) is 8.40. The minimum Gasteiger partial charge on any atom is -0.464 e. The number of nitrogens with two attached hydrogens (primary N) is 1. The number of unbranched alkanes of at least 4 members (excludes halogenated alkanes) is 1. The fourth-order valence-electron chi connectivity index (χ4n) is 1.79. The molecule has 1 rings (SSSR count). The molecule has 104 valence electrons. The Hall–Kier alpha value is -0.850. The van der Waals surface area contributed by atoms with Crippen LogP contribution in [0, 0.1) is 6.92 Å². The molecular formula is C12H22N2O3S. The Morgan fingerprint density at radius 2 is 2.17 bits per heavy atom. The van der Waals surface area contributed by atoms with Gasteiger partial charge in [0.2, 0.25) is 10.0 Å². The quantitative estimate of drug-likeness (QED) is 0.795. The third-order valence-electron chi connectivity index (χ3n) is 2.76. The summed E-state index contributed by atoms with van der Waals surface area (Å²) in [5.41, 5.74) is 5.43. The van der Waals surface area contributed by atoms with Gasteiger partial charge in [-0.1, -0.05) is 19.8 Å². The second-order valence-corrected chi connectivity index (χ2v) is 6.18. The van der Waals surface area contributed by atoms with Gasteiger partial charge in [0.05, 0.1) is 6.54 Å². The Morgan fingerprint density at radius 3 is 2.67 bits per heavy atom. The largest absolute Gasteiger partial charge is 0.464 e. The van der Waals surface area contributed by atoms with Crippen LogP contribution in [0.1, 0.15) is 44.6 Å². The van der Waals surface area contributed by atoms with Gasteiger partial charge in [0.25, 0.3) is 0 Å². The number of aryl methyl sites for hydroxylation is 1. The topological polar surface area (TPSA) is 85.3 Å². The van der Waals surface area contributed by atoms with Gasteiger partial charge < -0.3 is 10.2 Å². The van der Waals surface area contributed by atoms with E-state index in [9.17, 15) is 8.42 Å². The molecule has 0 bridgehead atoms. The normalized spacial score (nSPS) is 13.8. The lowest BCUT2D eigenvalue weighted by atomic mass is 10.2. The van der Waals surface area contributed by atoms with Gasteiger partial charge in [-0.25, -0.2) is 13.1 Å². The van der Waals surface area contributed by atoms with Crippen LogP contribution in [0.15, 0.2) is 15.4 Å². The lowest BCUT2D eigenvalue weighted by molar-refractivity contribution is 0.477. The van der Waals surface area contributed by atoms with Crippen molar-refractivity contribution in [3.63, 3.8) is 0 Å². The van der Waals surface area contributed by atoms with Crippen molar-refractivity contribution in [3.8, 4) is 0 Å². The highest BCUT2D eigenvalue weighted by Crippen LogP contribution is 2.20. The summed E-state index contributed by atoms with van der Waals surface area (Å²) in [5.74, 6) is 0.861. The number of hydrogen-bond acceptors (Lipinski definition) is 4. The molecule has 0 aliphatic carbocycles. The fourth-order valence-corrected chi connectivity index (χ4v) is 3.27.